The molecule has 3 nitrogen and oxygen atoms in total. The van der Waals surface area contributed by atoms with Crippen LogP contribution in [-0.4, -0.2) is 28.7 Å². The summed E-state index contributed by atoms with van der Waals surface area (Å²) in [4.78, 5) is 25.7. The van der Waals surface area contributed by atoms with Crippen molar-refractivity contribution in [2.75, 3.05) is 6.54 Å². The fourth-order valence-electron chi connectivity index (χ4n) is 2.39. The first kappa shape index (κ1) is 10.7. The molecule has 0 atom stereocenters. The molecule has 0 radical (unpaired) electrons. The number of rotatable bonds is 1. The molecule has 1 aliphatic carbocycles. The zero-order chi connectivity index (χ0) is 11.1. The first-order chi connectivity index (χ1) is 7.03. The molecular formula is C12H19NO2. The molecule has 2 rings (SSSR count). The molecule has 2 fully saturated rings. The van der Waals surface area contributed by atoms with Crippen molar-refractivity contribution in [1.29, 1.82) is 0 Å². The van der Waals surface area contributed by atoms with Crippen LogP contribution in [0.25, 0.3) is 0 Å². The highest BCUT2D eigenvalue weighted by atomic mass is 16.2. The molecule has 2 aliphatic rings. The van der Waals surface area contributed by atoms with Crippen molar-refractivity contribution in [2.24, 2.45) is 5.92 Å². The number of carbonyl (C=O) groups is 2. The first-order valence-electron chi connectivity index (χ1n) is 5.88. The van der Waals surface area contributed by atoms with Gasteiger partial charge in [0.2, 0.25) is 5.91 Å². The maximum Gasteiger partial charge on any atom is 0.226 e. The van der Waals surface area contributed by atoms with Crippen LogP contribution < -0.4 is 0 Å². The Labute approximate surface area is 90.8 Å². The third kappa shape index (κ3) is 1.68. The molecule has 0 bridgehead atoms. The fourth-order valence-corrected chi connectivity index (χ4v) is 2.39. The molecule has 1 saturated carbocycles. The molecule has 1 amide bonds. The summed E-state index contributed by atoms with van der Waals surface area (Å²) in [5, 5.41) is 0. The summed E-state index contributed by atoms with van der Waals surface area (Å²) in [5.74, 6) is 0.621. The summed E-state index contributed by atoms with van der Waals surface area (Å²) >= 11 is 0. The van der Waals surface area contributed by atoms with E-state index in [1.807, 2.05) is 18.7 Å². The van der Waals surface area contributed by atoms with E-state index in [1.54, 1.807) is 0 Å². The summed E-state index contributed by atoms with van der Waals surface area (Å²) in [6.45, 7) is 4.52. The number of Topliss-reactive ketones (excluding diaryl/α,β-unsaturated/α-hetero) is 1. The Kier molecular flexibility index (Phi) is 2.57. The maximum absolute atomic E-state index is 12.1. The predicted molar refractivity (Wildman–Crippen MR) is 57.4 cm³/mol. The van der Waals surface area contributed by atoms with Crippen LogP contribution >= 0.6 is 0 Å². The van der Waals surface area contributed by atoms with Crippen LogP contribution in [0, 0.1) is 5.92 Å². The number of nitrogens with zero attached hydrogens (tertiary/aromatic N) is 1. The number of hydrogen-bond acceptors (Lipinski definition) is 2. The average molecular weight is 209 g/mol. The van der Waals surface area contributed by atoms with Gasteiger partial charge in [0.25, 0.3) is 0 Å². The van der Waals surface area contributed by atoms with Gasteiger partial charge >= 0.3 is 0 Å². The van der Waals surface area contributed by atoms with Crippen molar-refractivity contribution in [2.45, 2.75) is 51.5 Å². The van der Waals surface area contributed by atoms with Crippen LogP contribution in [-0.2, 0) is 9.59 Å². The Hall–Kier alpha value is -0.860. The minimum Gasteiger partial charge on any atom is -0.330 e. The van der Waals surface area contributed by atoms with E-state index in [2.05, 4.69) is 0 Å². The second kappa shape index (κ2) is 3.62. The number of amides is 1. The smallest absolute Gasteiger partial charge is 0.226 e. The summed E-state index contributed by atoms with van der Waals surface area (Å²) in [5.41, 5.74) is -0.565. The normalized spacial score (nSPS) is 26.3. The molecule has 0 aromatic heterocycles. The predicted octanol–water partition coefficient (Wildman–Crippen LogP) is 1.76. The highest BCUT2D eigenvalue weighted by molar-refractivity contribution is 5.94. The van der Waals surface area contributed by atoms with Crippen LogP contribution in [0.5, 0.6) is 0 Å². The maximum atomic E-state index is 12.1. The number of hydrogen-bond donors (Lipinski definition) is 0. The van der Waals surface area contributed by atoms with Gasteiger partial charge in [-0.15, -0.1) is 0 Å². The molecule has 0 aromatic carbocycles. The molecular weight excluding hydrogens is 190 g/mol. The van der Waals surface area contributed by atoms with E-state index in [-0.39, 0.29) is 17.6 Å². The Balaban J connectivity index is 2.12. The van der Waals surface area contributed by atoms with Gasteiger partial charge in [-0.05, 0) is 33.1 Å². The van der Waals surface area contributed by atoms with Gasteiger partial charge in [0.1, 0.15) is 0 Å². The van der Waals surface area contributed by atoms with Crippen LogP contribution in [0.15, 0.2) is 0 Å². The van der Waals surface area contributed by atoms with Crippen molar-refractivity contribution in [3.8, 4) is 0 Å². The number of likely N-dealkylation sites (tertiary alicyclic amines) is 1. The zero-order valence-corrected chi connectivity index (χ0v) is 9.58. The van der Waals surface area contributed by atoms with Gasteiger partial charge in [-0.25, -0.2) is 0 Å². The third-order valence-electron chi connectivity index (χ3n) is 3.86. The Bertz CT molecular complexity index is 292. The van der Waals surface area contributed by atoms with Crippen molar-refractivity contribution >= 4 is 11.7 Å². The molecule has 3 heteroatoms. The number of carbonyl (C=O) groups excluding carboxylic acids is 2. The van der Waals surface area contributed by atoms with Crippen molar-refractivity contribution in [3.63, 3.8) is 0 Å². The van der Waals surface area contributed by atoms with Crippen LogP contribution in [0.1, 0.15) is 46.0 Å². The lowest BCUT2D eigenvalue weighted by Gasteiger charge is -2.44. The summed E-state index contributed by atoms with van der Waals surface area (Å²) < 4.78 is 0. The van der Waals surface area contributed by atoms with E-state index < -0.39 is 5.54 Å². The molecule has 0 unspecified atom stereocenters. The lowest BCUT2D eigenvalue weighted by Crippen LogP contribution is -2.58. The monoisotopic (exact) mass is 209 g/mol. The molecule has 1 aliphatic heterocycles. The summed E-state index contributed by atoms with van der Waals surface area (Å²) in [6, 6.07) is 0. The SMILES string of the molecule is CC1(C)C(=O)CCCN1C(=O)C1CCC1. The van der Waals surface area contributed by atoms with E-state index in [4.69, 9.17) is 0 Å². The Morgan fingerprint density at radius 3 is 2.53 bits per heavy atom. The number of piperidine rings is 1. The summed E-state index contributed by atoms with van der Waals surface area (Å²) in [6.07, 6.45) is 4.65. The lowest BCUT2D eigenvalue weighted by atomic mass is 9.81. The largest absolute Gasteiger partial charge is 0.330 e. The van der Waals surface area contributed by atoms with Gasteiger partial charge in [-0.3, -0.25) is 9.59 Å². The van der Waals surface area contributed by atoms with Crippen molar-refractivity contribution in [3.05, 3.63) is 0 Å². The van der Waals surface area contributed by atoms with Crippen LogP contribution in [0.2, 0.25) is 0 Å². The van der Waals surface area contributed by atoms with Gasteiger partial charge in [0.05, 0.1) is 5.54 Å². The van der Waals surface area contributed by atoms with Crippen molar-refractivity contribution in [1.82, 2.24) is 4.90 Å². The Morgan fingerprint density at radius 2 is 2.00 bits per heavy atom. The van der Waals surface area contributed by atoms with E-state index in [9.17, 15) is 9.59 Å². The second-order valence-electron chi connectivity index (χ2n) is 5.20. The molecule has 0 spiro atoms. The minimum absolute atomic E-state index is 0.204. The van der Waals surface area contributed by atoms with Crippen molar-refractivity contribution < 1.29 is 9.59 Å². The van der Waals surface area contributed by atoms with E-state index in [0.29, 0.717) is 6.42 Å². The van der Waals surface area contributed by atoms with Gasteiger partial charge in [0, 0.05) is 18.9 Å². The van der Waals surface area contributed by atoms with E-state index in [1.165, 1.54) is 6.42 Å². The summed E-state index contributed by atoms with van der Waals surface area (Å²) in [7, 11) is 0. The zero-order valence-electron chi connectivity index (χ0n) is 9.58. The van der Waals surface area contributed by atoms with Gasteiger partial charge in [0.15, 0.2) is 5.78 Å². The Morgan fingerprint density at radius 1 is 1.33 bits per heavy atom. The third-order valence-corrected chi connectivity index (χ3v) is 3.86. The van der Waals surface area contributed by atoms with Gasteiger partial charge in [-0.2, -0.15) is 0 Å². The molecule has 15 heavy (non-hydrogen) atoms. The lowest BCUT2D eigenvalue weighted by molar-refractivity contribution is -0.153. The standard InChI is InChI=1S/C12H19NO2/c1-12(2)10(14)7-4-8-13(12)11(15)9-5-3-6-9/h9H,3-8H2,1-2H3. The highest BCUT2D eigenvalue weighted by Crippen LogP contribution is 2.33. The molecule has 1 heterocycles. The minimum atomic E-state index is -0.565. The van der Waals surface area contributed by atoms with E-state index >= 15 is 0 Å². The topological polar surface area (TPSA) is 37.4 Å². The number of ketones is 1. The molecule has 0 N–H and O–H groups in total. The van der Waals surface area contributed by atoms with Gasteiger partial charge in [-0.1, -0.05) is 6.42 Å². The van der Waals surface area contributed by atoms with Crippen LogP contribution in [0.3, 0.4) is 0 Å². The van der Waals surface area contributed by atoms with Gasteiger partial charge < -0.3 is 4.90 Å². The average Bonchev–Trinajstić information content (AvgIpc) is 2.06. The van der Waals surface area contributed by atoms with Crippen LogP contribution in [0.4, 0.5) is 0 Å². The first-order valence-corrected chi connectivity index (χ1v) is 5.88. The fraction of sp³-hybridized carbons (Fsp3) is 0.833. The highest BCUT2D eigenvalue weighted by Gasteiger charge is 2.42. The molecule has 0 aromatic rings. The molecule has 84 valence electrons. The van der Waals surface area contributed by atoms with E-state index in [0.717, 1.165) is 25.8 Å². The second-order valence-corrected chi connectivity index (χ2v) is 5.20. The quantitative estimate of drug-likeness (QED) is 0.660. The molecule has 1 saturated heterocycles.